The van der Waals surface area contributed by atoms with Crippen LogP contribution in [0.25, 0.3) is 0 Å². The highest BCUT2D eigenvalue weighted by molar-refractivity contribution is 5.94. The van der Waals surface area contributed by atoms with Crippen LogP contribution in [-0.2, 0) is 0 Å². The Bertz CT molecular complexity index is 368. The molecule has 0 saturated heterocycles. The van der Waals surface area contributed by atoms with Crippen LogP contribution in [0.2, 0.25) is 0 Å². The number of benzene rings is 1. The van der Waals surface area contributed by atoms with E-state index >= 15 is 0 Å². The molecule has 0 saturated carbocycles. The van der Waals surface area contributed by atoms with Gasteiger partial charge in [-0.15, -0.1) is 0 Å². The minimum absolute atomic E-state index is 0.122. The Hall–Kier alpha value is -1.42. The Kier molecular flexibility index (Phi) is 5.63. The molecule has 0 aromatic heterocycles. The zero-order valence-electron chi connectivity index (χ0n) is 10.2. The van der Waals surface area contributed by atoms with Crippen LogP contribution in [0.4, 0.5) is 4.39 Å². The quantitative estimate of drug-likeness (QED) is 0.824. The van der Waals surface area contributed by atoms with Crippen molar-refractivity contribution in [3.63, 3.8) is 0 Å². The van der Waals surface area contributed by atoms with E-state index in [1.54, 1.807) is 17.0 Å². The van der Waals surface area contributed by atoms with Gasteiger partial charge in [-0.2, -0.15) is 0 Å². The SMILES string of the molecule is CCCCN(CCN)C(=O)c1ccccc1F. The maximum atomic E-state index is 13.5. The number of unbranched alkanes of at least 4 members (excludes halogenated alkanes) is 1. The number of amides is 1. The molecule has 1 aromatic carbocycles. The first-order chi connectivity index (χ1) is 8.20. The lowest BCUT2D eigenvalue weighted by atomic mass is 10.1. The van der Waals surface area contributed by atoms with Crippen LogP contribution < -0.4 is 5.73 Å². The predicted molar refractivity (Wildman–Crippen MR) is 66.3 cm³/mol. The van der Waals surface area contributed by atoms with E-state index in [1.807, 2.05) is 6.92 Å². The van der Waals surface area contributed by atoms with Gasteiger partial charge >= 0.3 is 0 Å². The van der Waals surface area contributed by atoms with Crippen molar-refractivity contribution in [1.82, 2.24) is 4.90 Å². The van der Waals surface area contributed by atoms with Crippen LogP contribution in [0.15, 0.2) is 24.3 Å². The molecule has 17 heavy (non-hydrogen) atoms. The van der Waals surface area contributed by atoms with Crippen molar-refractivity contribution in [2.24, 2.45) is 5.73 Å². The molecule has 4 heteroatoms. The van der Waals surface area contributed by atoms with Crippen molar-refractivity contribution in [3.8, 4) is 0 Å². The molecule has 0 aliphatic carbocycles. The van der Waals surface area contributed by atoms with Gasteiger partial charge in [0.25, 0.3) is 5.91 Å². The van der Waals surface area contributed by atoms with Crippen LogP contribution in [0.3, 0.4) is 0 Å². The van der Waals surface area contributed by atoms with Crippen molar-refractivity contribution >= 4 is 5.91 Å². The highest BCUT2D eigenvalue weighted by Gasteiger charge is 2.17. The fourth-order valence-corrected chi connectivity index (χ4v) is 1.62. The molecular formula is C13H19FN2O. The number of rotatable bonds is 6. The molecule has 0 radical (unpaired) electrons. The topological polar surface area (TPSA) is 46.3 Å². The molecule has 1 rings (SSSR count). The Balaban J connectivity index is 2.80. The third-order valence-electron chi connectivity index (χ3n) is 2.57. The third kappa shape index (κ3) is 3.82. The van der Waals surface area contributed by atoms with Crippen molar-refractivity contribution in [1.29, 1.82) is 0 Å². The first-order valence-corrected chi connectivity index (χ1v) is 5.94. The monoisotopic (exact) mass is 238 g/mol. The van der Waals surface area contributed by atoms with E-state index in [0.29, 0.717) is 19.6 Å². The van der Waals surface area contributed by atoms with Gasteiger partial charge in [-0.1, -0.05) is 25.5 Å². The minimum atomic E-state index is -0.476. The van der Waals surface area contributed by atoms with Crippen LogP contribution in [-0.4, -0.2) is 30.4 Å². The van der Waals surface area contributed by atoms with Crippen molar-refractivity contribution in [3.05, 3.63) is 35.6 Å². The maximum Gasteiger partial charge on any atom is 0.256 e. The number of hydrogen-bond donors (Lipinski definition) is 1. The summed E-state index contributed by atoms with van der Waals surface area (Å²) in [6.45, 7) is 3.53. The Morgan fingerprint density at radius 1 is 1.35 bits per heavy atom. The number of nitrogens with zero attached hydrogens (tertiary/aromatic N) is 1. The van der Waals surface area contributed by atoms with E-state index in [1.165, 1.54) is 12.1 Å². The lowest BCUT2D eigenvalue weighted by molar-refractivity contribution is 0.0753. The van der Waals surface area contributed by atoms with E-state index in [0.717, 1.165) is 12.8 Å². The third-order valence-corrected chi connectivity index (χ3v) is 2.57. The van der Waals surface area contributed by atoms with E-state index in [2.05, 4.69) is 0 Å². The molecule has 1 aromatic rings. The fourth-order valence-electron chi connectivity index (χ4n) is 1.62. The second-order valence-electron chi connectivity index (χ2n) is 3.91. The average molecular weight is 238 g/mol. The van der Waals surface area contributed by atoms with Gasteiger partial charge < -0.3 is 10.6 Å². The normalized spacial score (nSPS) is 10.3. The second-order valence-corrected chi connectivity index (χ2v) is 3.91. The summed E-state index contributed by atoms with van der Waals surface area (Å²) in [5, 5.41) is 0. The minimum Gasteiger partial charge on any atom is -0.337 e. The first kappa shape index (κ1) is 13.6. The molecule has 0 spiro atoms. The van der Waals surface area contributed by atoms with Crippen LogP contribution in [0, 0.1) is 5.82 Å². The van der Waals surface area contributed by atoms with Gasteiger partial charge in [0, 0.05) is 19.6 Å². The zero-order valence-corrected chi connectivity index (χ0v) is 10.2. The number of hydrogen-bond acceptors (Lipinski definition) is 2. The number of carbonyl (C=O) groups excluding carboxylic acids is 1. The molecule has 0 bridgehead atoms. The highest BCUT2D eigenvalue weighted by Crippen LogP contribution is 2.10. The van der Waals surface area contributed by atoms with Gasteiger partial charge in [0.05, 0.1) is 5.56 Å². The molecule has 0 fully saturated rings. The van der Waals surface area contributed by atoms with E-state index < -0.39 is 5.82 Å². The molecule has 0 aliphatic heterocycles. The molecule has 1 amide bonds. The van der Waals surface area contributed by atoms with Crippen molar-refractivity contribution in [2.75, 3.05) is 19.6 Å². The summed E-state index contributed by atoms with van der Waals surface area (Å²) in [5.74, 6) is -0.752. The van der Waals surface area contributed by atoms with E-state index in [4.69, 9.17) is 5.73 Å². The highest BCUT2D eigenvalue weighted by atomic mass is 19.1. The lowest BCUT2D eigenvalue weighted by Crippen LogP contribution is -2.36. The molecule has 2 N–H and O–H groups in total. The maximum absolute atomic E-state index is 13.5. The second kappa shape index (κ2) is 7.01. The zero-order chi connectivity index (χ0) is 12.7. The van der Waals surface area contributed by atoms with Crippen LogP contribution >= 0.6 is 0 Å². The smallest absolute Gasteiger partial charge is 0.256 e. The molecular weight excluding hydrogens is 219 g/mol. The number of nitrogens with two attached hydrogens (primary N) is 1. The van der Waals surface area contributed by atoms with Gasteiger partial charge in [-0.25, -0.2) is 4.39 Å². The lowest BCUT2D eigenvalue weighted by Gasteiger charge is -2.22. The van der Waals surface area contributed by atoms with Crippen LogP contribution in [0.1, 0.15) is 30.1 Å². The Morgan fingerprint density at radius 2 is 2.06 bits per heavy atom. The summed E-state index contributed by atoms with van der Waals surface area (Å²) < 4.78 is 13.5. The predicted octanol–water partition coefficient (Wildman–Crippen LogP) is 2.03. The average Bonchev–Trinajstić information content (AvgIpc) is 2.34. The van der Waals surface area contributed by atoms with Gasteiger partial charge in [-0.05, 0) is 18.6 Å². The summed E-state index contributed by atoms with van der Waals surface area (Å²) in [4.78, 5) is 13.7. The van der Waals surface area contributed by atoms with Crippen molar-refractivity contribution in [2.45, 2.75) is 19.8 Å². The summed E-state index contributed by atoms with van der Waals surface area (Å²) >= 11 is 0. The largest absolute Gasteiger partial charge is 0.337 e. The molecule has 0 unspecified atom stereocenters. The van der Waals surface area contributed by atoms with Gasteiger partial charge in [0.15, 0.2) is 0 Å². The summed E-state index contributed by atoms with van der Waals surface area (Å²) in [5.41, 5.74) is 5.59. The summed E-state index contributed by atoms with van der Waals surface area (Å²) in [6, 6.07) is 6.04. The van der Waals surface area contributed by atoms with Gasteiger partial charge in [0.1, 0.15) is 5.82 Å². The summed E-state index contributed by atoms with van der Waals surface area (Å²) in [6.07, 6.45) is 1.89. The van der Waals surface area contributed by atoms with E-state index in [-0.39, 0.29) is 11.5 Å². The molecule has 94 valence electrons. The van der Waals surface area contributed by atoms with Gasteiger partial charge in [0.2, 0.25) is 0 Å². The van der Waals surface area contributed by atoms with Crippen LogP contribution in [0.5, 0.6) is 0 Å². The van der Waals surface area contributed by atoms with Gasteiger partial charge in [-0.3, -0.25) is 4.79 Å². The van der Waals surface area contributed by atoms with Crippen molar-refractivity contribution < 1.29 is 9.18 Å². The molecule has 0 atom stereocenters. The summed E-state index contributed by atoms with van der Waals surface area (Å²) in [7, 11) is 0. The number of halogens is 1. The number of carbonyl (C=O) groups is 1. The Labute approximate surface area is 101 Å². The standard InChI is InChI=1S/C13H19FN2O/c1-2-3-9-16(10-8-15)13(17)11-6-4-5-7-12(11)14/h4-7H,2-3,8-10,15H2,1H3. The Morgan fingerprint density at radius 3 is 2.65 bits per heavy atom. The first-order valence-electron chi connectivity index (χ1n) is 5.94. The fraction of sp³-hybridized carbons (Fsp3) is 0.462. The molecule has 3 nitrogen and oxygen atoms in total. The van der Waals surface area contributed by atoms with E-state index in [9.17, 15) is 9.18 Å². The molecule has 0 aliphatic rings. The molecule has 0 heterocycles.